The molecule has 0 unspecified atom stereocenters. The quantitative estimate of drug-likeness (QED) is 0.349. The Morgan fingerprint density at radius 2 is 1.74 bits per heavy atom. The molecule has 4 aromatic rings. The summed E-state index contributed by atoms with van der Waals surface area (Å²) in [6.45, 7) is 16.3. The largest absolute Gasteiger partial charge is 0.444 e. The Hall–Kier alpha value is -4.71. The zero-order valence-corrected chi connectivity index (χ0v) is 22.4. The molecular weight excluding hydrogens is 492 g/mol. The van der Waals surface area contributed by atoms with Gasteiger partial charge in [0, 0.05) is 43.5 Å². The first-order valence-electron chi connectivity index (χ1n) is 12.8. The van der Waals surface area contributed by atoms with E-state index in [9.17, 15) is 9.59 Å². The van der Waals surface area contributed by atoms with Crippen molar-refractivity contribution in [2.24, 2.45) is 5.92 Å². The number of rotatable bonds is 5. The number of hydrogen-bond acceptors (Lipinski definition) is 5. The highest BCUT2D eigenvalue weighted by Crippen LogP contribution is 2.33. The number of imidazole rings is 1. The number of likely N-dealkylation sites (tertiary alicyclic amines) is 1. The first-order valence-corrected chi connectivity index (χ1v) is 12.8. The van der Waals surface area contributed by atoms with Gasteiger partial charge in [-0.1, -0.05) is 54.1 Å². The zero-order valence-electron chi connectivity index (χ0n) is 22.4. The number of nitrogens with one attached hydrogen (secondary N) is 1. The SMILES string of the molecule is [C-]#[N+]c1ccc(-c2nc(C(=O)NCC3CN(C(=O)OC(C)(C)C)C3)c3nccn3c2-c2ccc(C)cc2)cc1. The maximum atomic E-state index is 13.4. The molecule has 0 radical (unpaired) electrons. The molecule has 3 heterocycles. The van der Waals surface area contributed by atoms with Gasteiger partial charge >= 0.3 is 6.09 Å². The maximum absolute atomic E-state index is 13.4. The highest BCUT2D eigenvalue weighted by atomic mass is 16.6. The van der Waals surface area contributed by atoms with Crippen LogP contribution in [0, 0.1) is 19.4 Å². The van der Waals surface area contributed by atoms with Crippen LogP contribution in [-0.4, -0.2) is 56.5 Å². The topological polar surface area (TPSA) is 93.2 Å². The number of ether oxygens (including phenoxy) is 1. The predicted octanol–water partition coefficient (Wildman–Crippen LogP) is 5.52. The summed E-state index contributed by atoms with van der Waals surface area (Å²) in [5, 5.41) is 2.98. The lowest BCUT2D eigenvalue weighted by Crippen LogP contribution is -2.54. The van der Waals surface area contributed by atoms with Gasteiger partial charge in [-0.05, 0) is 33.3 Å². The van der Waals surface area contributed by atoms with Crippen LogP contribution in [0.3, 0.4) is 0 Å². The van der Waals surface area contributed by atoms with Gasteiger partial charge < -0.3 is 15.0 Å². The number of aromatic nitrogens is 3. The first kappa shape index (κ1) is 25.9. The summed E-state index contributed by atoms with van der Waals surface area (Å²) in [5.74, 6) is -0.207. The van der Waals surface area contributed by atoms with Crippen molar-refractivity contribution in [3.8, 4) is 22.5 Å². The van der Waals surface area contributed by atoms with Crippen LogP contribution >= 0.6 is 0 Å². The molecule has 9 heteroatoms. The predicted molar refractivity (Wildman–Crippen MR) is 148 cm³/mol. The number of benzene rings is 2. The third kappa shape index (κ3) is 5.46. The van der Waals surface area contributed by atoms with E-state index in [4.69, 9.17) is 16.3 Å². The molecule has 39 heavy (non-hydrogen) atoms. The number of amides is 2. The Kier molecular flexibility index (Phi) is 6.79. The summed E-state index contributed by atoms with van der Waals surface area (Å²) in [5.41, 5.74) is 4.92. The van der Waals surface area contributed by atoms with Crippen LogP contribution in [0.2, 0.25) is 0 Å². The summed E-state index contributed by atoms with van der Waals surface area (Å²) in [4.78, 5) is 40.1. The van der Waals surface area contributed by atoms with E-state index in [1.165, 1.54) is 0 Å². The normalized spacial score (nSPS) is 13.6. The third-order valence-electron chi connectivity index (χ3n) is 6.51. The van der Waals surface area contributed by atoms with Crippen LogP contribution < -0.4 is 5.32 Å². The molecule has 0 aliphatic carbocycles. The highest BCUT2D eigenvalue weighted by molar-refractivity contribution is 5.99. The Morgan fingerprint density at radius 1 is 1.08 bits per heavy atom. The molecule has 2 amide bonds. The molecule has 1 aliphatic rings. The van der Waals surface area contributed by atoms with E-state index < -0.39 is 5.60 Å². The fraction of sp³-hybridized carbons (Fsp3) is 0.300. The molecule has 0 atom stereocenters. The van der Waals surface area contributed by atoms with Gasteiger partial charge in [-0.25, -0.2) is 19.6 Å². The molecule has 198 valence electrons. The molecule has 1 N–H and O–H groups in total. The average molecular weight is 523 g/mol. The van der Waals surface area contributed by atoms with E-state index in [2.05, 4.69) is 15.1 Å². The van der Waals surface area contributed by atoms with Gasteiger partial charge in [-0.3, -0.25) is 9.20 Å². The summed E-state index contributed by atoms with van der Waals surface area (Å²) >= 11 is 0. The third-order valence-corrected chi connectivity index (χ3v) is 6.51. The minimum absolute atomic E-state index is 0.129. The van der Waals surface area contributed by atoms with Gasteiger partial charge in [0.15, 0.2) is 17.0 Å². The smallest absolute Gasteiger partial charge is 0.410 e. The summed E-state index contributed by atoms with van der Waals surface area (Å²) in [7, 11) is 0. The van der Waals surface area contributed by atoms with Crippen molar-refractivity contribution in [1.29, 1.82) is 0 Å². The molecule has 2 aromatic heterocycles. The van der Waals surface area contributed by atoms with E-state index in [-0.39, 0.29) is 23.6 Å². The van der Waals surface area contributed by atoms with Crippen LogP contribution in [0.1, 0.15) is 36.8 Å². The summed E-state index contributed by atoms with van der Waals surface area (Å²) < 4.78 is 7.30. The summed E-state index contributed by atoms with van der Waals surface area (Å²) in [6.07, 6.45) is 3.14. The van der Waals surface area contributed by atoms with Crippen LogP contribution in [0.15, 0.2) is 60.9 Å². The monoisotopic (exact) mass is 522 g/mol. The number of carbonyl (C=O) groups is 2. The van der Waals surface area contributed by atoms with Gasteiger partial charge in [-0.2, -0.15) is 0 Å². The molecule has 0 spiro atoms. The van der Waals surface area contributed by atoms with Crippen molar-refractivity contribution in [3.63, 3.8) is 0 Å². The van der Waals surface area contributed by atoms with E-state index in [0.29, 0.717) is 36.7 Å². The number of hydrogen-bond donors (Lipinski definition) is 1. The lowest BCUT2D eigenvalue weighted by molar-refractivity contribution is -0.000539. The van der Waals surface area contributed by atoms with E-state index in [1.807, 2.05) is 74.7 Å². The second-order valence-corrected chi connectivity index (χ2v) is 10.8. The molecule has 9 nitrogen and oxygen atoms in total. The molecule has 1 aliphatic heterocycles. The molecule has 0 saturated carbocycles. The minimum Gasteiger partial charge on any atom is -0.444 e. The number of nitrogens with zero attached hydrogens (tertiary/aromatic N) is 5. The Balaban J connectivity index is 1.43. The summed E-state index contributed by atoms with van der Waals surface area (Å²) in [6, 6.07) is 15.3. The van der Waals surface area contributed by atoms with Crippen molar-refractivity contribution in [2.75, 3.05) is 19.6 Å². The van der Waals surface area contributed by atoms with E-state index >= 15 is 0 Å². The standard InChI is InChI=1S/C30H30N6O3/c1-19-6-8-22(9-7-19)26-24(21-10-12-23(31-5)13-11-21)34-25(27-32-14-15-36(26)27)28(37)33-16-20-17-35(18-20)29(38)39-30(2,3)4/h6-15,20H,16-18H2,1-4H3,(H,33,37). The van der Waals surface area contributed by atoms with Crippen LogP contribution in [-0.2, 0) is 4.74 Å². The number of fused-ring (bicyclic) bond motifs is 1. The maximum Gasteiger partial charge on any atom is 0.410 e. The van der Waals surface area contributed by atoms with E-state index in [1.54, 1.807) is 23.2 Å². The van der Waals surface area contributed by atoms with Gasteiger partial charge in [-0.15, -0.1) is 0 Å². The molecule has 2 aromatic carbocycles. The van der Waals surface area contributed by atoms with Crippen LogP contribution in [0.5, 0.6) is 0 Å². The minimum atomic E-state index is -0.545. The lowest BCUT2D eigenvalue weighted by Gasteiger charge is -2.39. The molecule has 1 saturated heterocycles. The average Bonchev–Trinajstić information content (AvgIpc) is 3.36. The van der Waals surface area contributed by atoms with Crippen molar-refractivity contribution in [1.82, 2.24) is 24.6 Å². The number of aryl methyl sites for hydroxylation is 1. The van der Waals surface area contributed by atoms with E-state index in [0.717, 1.165) is 22.4 Å². The van der Waals surface area contributed by atoms with Gasteiger partial charge in [0.1, 0.15) is 5.60 Å². The van der Waals surface area contributed by atoms with Gasteiger partial charge in [0.05, 0.1) is 18.0 Å². The second kappa shape index (κ2) is 10.2. The van der Waals surface area contributed by atoms with Gasteiger partial charge in [0.25, 0.3) is 5.91 Å². The highest BCUT2D eigenvalue weighted by Gasteiger charge is 2.34. The van der Waals surface area contributed by atoms with Crippen molar-refractivity contribution >= 4 is 23.3 Å². The van der Waals surface area contributed by atoms with Crippen molar-refractivity contribution < 1.29 is 14.3 Å². The van der Waals surface area contributed by atoms with Crippen molar-refractivity contribution in [3.05, 3.63) is 83.6 Å². The van der Waals surface area contributed by atoms with Crippen LogP contribution in [0.4, 0.5) is 10.5 Å². The lowest BCUT2D eigenvalue weighted by atomic mass is 10.0. The zero-order chi connectivity index (χ0) is 27.7. The van der Waals surface area contributed by atoms with Crippen molar-refractivity contribution in [2.45, 2.75) is 33.3 Å². The molecular formula is C30H30N6O3. The van der Waals surface area contributed by atoms with Gasteiger partial charge in [0.2, 0.25) is 0 Å². The fourth-order valence-electron chi connectivity index (χ4n) is 4.52. The number of carbonyl (C=O) groups excluding carboxylic acids is 2. The fourth-order valence-corrected chi connectivity index (χ4v) is 4.52. The second-order valence-electron chi connectivity index (χ2n) is 10.8. The molecule has 0 bridgehead atoms. The molecule has 5 rings (SSSR count). The Labute approximate surface area is 227 Å². The molecule has 1 fully saturated rings. The Morgan fingerprint density at radius 3 is 2.38 bits per heavy atom. The van der Waals surface area contributed by atoms with Crippen LogP contribution in [0.25, 0.3) is 33.0 Å². The first-order chi connectivity index (χ1) is 18.6. The Bertz CT molecular complexity index is 1570.